The van der Waals surface area contributed by atoms with Gasteiger partial charge in [0.15, 0.2) is 18.1 Å². The third-order valence-corrected chi connectivity index (χ3v) is 4.40. The fraction of sp³-hybridized carbons (Fsp3) is 0.500. The molecule has 1 aromatic rings. The summed E-state index contributed by atoms with van der Waals surface area (Å²) in [5.41, 5.74) is 0.531. The molecule has 7 heteroatoms. The molecule has 0 bridgehead atoms. The van der Waals surface area contributed by atoms with Crippen LogP contribution in [0, 0.1) is 0 Å². The van der Waals surface area contributed by atoms with E-state index in [9.17, 15) is 9.59 Å². The van der Waals surface area contributed by atoms with Crippen molar-refractivity contribution < 1.29 is 24.2 Å². The first kappa shape index (κ1) is 17.5. The van der Waals surface area contributed by atoms with Gasteiger partial charge in [0.1, 0.15) is 0 Å². The Balaban J connectivity index is 2.16. The molecule has 0 radical (unpaired) electrons. The molecule has 1 aliphatic heterocycles. The van der Waals surface area contributed by atoms with Crippen LogP contribution in [0.1, 0.15) is 23.7 Å². The molecule has 6 nitrogen and oxygen atoms in total. The molecule has 1 amide bonds. The minimum atomic E-state index is -1.06. The summed E-state index contributed by atoms with van der Waals surface area (Å²) in [4.78, 5) is 25.1. The van der Waals surface area contributed by atoms with Crippen molar-refractivity contribution in [2.45, 2.75) is 13.3 Å². The van der Waals surface area contributed by atoms with E-state index in [1.807, 2.05) is 23.6 Å². The maximum absolute atomic E-state index is 12.6. The maximum Gasteiger partial charge on any atom is 0.341 e. The number of rotatable bonds is 6. The number of carboxylic acids is 1. The fourth-order valence-electron chi connectivity index (χ4n) is 2.30. The smallest absolute Gasteiger partial charge is 0.341 e. The third-order valence-electron chi connectivity index (χ3n) is 3.35. The lowest BCUT2D eigenvalue weighted by Gasteiger charge is -2.20. The molecule has 1 fully saturated rings. The van der Waals surface area contributed by atoms with Crippen LogP contribution in [0.15, 0.2) is 18.2 Å². The Morgan fingerprint density at radius 2 is 2.04 bits per heavy atom. The van der Waals surface area contributed by atoms with E-state index in [2.05, 4.69) is 0 Å². The molecule has 0 spiro atoms. The summed E-state index contributed by atoms with van der Waals surface area (Å²) in [7, 11) is 0. The number of hydrogen-bond donors (Lipinski definition) is 1. The summed E-state index contributed by atoms with van der Waals surface area (Å²) < 4.78 is 10.7. The Labute approximate surface area is 139 Å². The van der Waals surface area contributed by atoms with Crippen LogP contribution in [0.25, 0.3) is 0 Å². The largest absolute Gasteiger partial charge is 0.490 e. The number of benzene rings is 1. The molecule has 1 heterocycles. The van der Waals surface area contributed by atoms with Crippen molar-refractivity contribution in [3.63, 3.8) is 0 Å². The molecule has 0 atom stereocenters. The Morgan fingerprint density at radius 1 is 1.22 bits per heavy atom. The van der Waals surface area contributed by atoms with Crippen molar-refractivity contribution in [3.05, 3.63) is 23.8 Å². The van der Waals surface area contributed by atoms with E-state index >= 15 is 0 Å². The summed E-state index contributed by atoms with van der Waals surface area (Å²) in [6, 6.07) is 4.87. The second kappa shape index (κ2) is 8.67. The second-order valence-electron chi connectivity index (χ2n) is 5.04. The predicted octanol–water partition coefficient (Wildman–Crippen LogP) is 2.13. The van der Waals surface area contributed by atoms with Crippen LogP contribution in [0.2, 0.25) is 0 Å². The maximum atomic E-state index is 12.6. The van der Waals surface area contributed by atoms with Crippen LogP contribution in [-0.2, 0) is 4.79 Å². The van der Waals surface area contributed by atoms with Gasteiger partial charge in [-0.25, -0.2) is 4.79 Å². The predicted molar refractivity (Wildman–Crippen MR) is 88.6 cm³/mol. The van der Waals surface area contributed by atoms with Crippen molar-refractivity contribution >= 4 is 23.6 Å². The highest BCUT2D eigenvalue weighted by atomic mass is 32.2. The van der Waals surface area contributed by atoms with E-state index in [4.69, 9.17) is 14.6 Å². The minimum Gasteiger partial charge on any atom is -0.490 e. The van der Waals surface area contributed by atoms with Crippen molar-refractivity contribution in [1.82, 2.24) is 4.90 Å². The van der Waals surface area contributed by atoms with E-state index in [0.717, 1.165) is 31.0 Å². The molecule has 1 aromatic carbocycles. The molecule has 0 saturated carbocycles. The summed E-state index contributed by atoms with van der Waals surface area (Å²) in [6.07, 6.45) is 0.995. The van der Waals surface area contributed by atoms with Gasteiger partial charge < -0.3 is 19.5 Å². The number of ether oxygens (including phenoxy) is 2. The number of carbonyl (C=O) groups excluding carboxylic acids is 1. The number of aliphatic carboxylic acids is 1. The normalized spacial score (nSPS) is 14.9. The van der Waals surface area contributed by atoms with Gasteiger partial charge in [0, 0.05) is 24.4 Å². The highest BCUT2D eigenvalue weighted by Gasteiger charge is 2.19. The topological polar surface area (TPSA) is 76.1 Å². The van der Waals surface area contributed by atoms with Crippen LogP contribution < -0.4 is 9.47 Å². The molecule has 1 N–H and O–H groups in total. The molecule has 1 saturated heterocycles. The first-order valence-corrected chi connectivity index (χ1v) is 8.75. The standard InChI is InChI=1S/C16H21NO5S/c1-2-21-14-10-12(4-5-13(14)22-11-15(18)19)16(20)17-6-3-8-23-9-7-17/h4-5,10H,2-3,6-9,11H2,1H3,(H,18,19). The highest BCUT2D eigenvalue weighted by Crippen LogP contribution is 2.29. The lowest BCUT2D eigenvalue weighted by atomic mass is 10.1. The van der Waals surface area contributed by atoms with Gasteiger partial charge in [-0.15, -0.1) is 0 Å². The first-order valence-electron chi connectivity index (χ1n) is 7.60. The van der Waals surface area contributed by atoms with E-state index in [-0.39, 0.29) is 5.91 Å². The number of carbonyl (C=O) groups is 2. The SMILES string of the molecule is CCOc1cc(C(=O)N2CCCSCC2)ccc1OCC(=O)O. The first-order chi connectivity index (χ1) is 11.1. The van der Waals surface area contributed by atoms with Gasteiger partial charge in [-0.3, -0.25) is 4.79 Å². The van der Waals surface area contributed by atoms with Gasteiger partial charge in [0.2, 0.25) is 0 Å². The third kappa shape index (κ3) is 5.06. The van der Waals surface area contributed by atoms with Crippen LogP contribution in [0.3, 0.4) is 0 Å². The lowest BCUT2D eigenvalue weighted by Crippen LogP contribution is -2.32. The molecule has 2 rings (SSSR count). The lowest BCUT2D eigenvalue weighted by molar-refractivity contribution is -0.139. The Hall–Kier alpha value is -1.89. The number of thioether (sulfide) groups is 1. The van der Waals surface area contributed by atoms with Gasteiger partial charge in [0.05, 0.1) is 6.61 Å². The fourth-order valence-corrected chi connectivity index (χ4v) is 3.19. The number of nitrogens with zero attached hydrogens (tertiary/aromatic N) is 1. The molecular weight excluding hydrogens is 318 g/mol. The summed E-state index contributed by atoms with van der Waals surface area (Å²) >= 11 is 1.86. The molecule has 0 aromatic heterocycles. The average molecular weight is 339 g/mol. The van der Waals surface area contributed by atoms with Gasteiger partial charge >= 0.3 is 5.97 Å². The van der Waals surface area contributed by atoms with Crippen molar-refractivity contribution in [2.75, 3.05) is 37.8 Å². The van der Waals surface area contributed by atoms with Gasteiger partial charge in [-0.2, -0.15) is 11.8 Å². The van der Waals surface area contributed by atoms with Crippen LogP contribution in [0.4, 0.5) is 0 Å². The highest BCUT2D eigenvalue weighted by molar-refractivity contribution is 7.99. The minimum absolute atomic E-state index is 0.0294. The molecule has 0 unspecified atom stereocenters. The van der Waals surface area contributed by atoms with E-state index in [1.54, 1.807) is 18.2 Å². The summed E-state index contributed by atoms with van der Waals surface area (Å²) in [5, 5.41) is 8.71. The van der Waals surface area contributed by atoms with Crippen molar-refractivity contribution in [1.29, 1.82) is 0 Å². The van der Waals surface area contributed by atoms with Crippen molar-refractivity contribution in [3.8, 4) is 11.5 Å². The Morgan fingerprint density at radius 3 is 2.78 bits per heavy atom. The Kier molecular flexibility index (Phi) is 6.58. The van der Waals surface area contributed by atoms with Gasteiger partial charge in [-0.1, -0.05) is 0 Å². The van der Waals surface area contributed by atoms with Gasteiger partial charge in [0.25, 0.3) is 5.91 Å². The van der Waals surface area contributed by atoms with E-state index < -0.39 is 12.6 Å². The monoisotopic (exact) mass is 339 g/mol. The quantitative estimate of drug-likeness (QED) is 0.856. The van der Waals surface area contributed by atoms with E-state index in [0.29, 0.717) is 23.7 Å². The zero-order valence-electron chi connectivity index (χ0n) is 13.1. The van der Waals surface area contributed by atoms with Crippen LogP contribution in [-0.4, -0.2) is 59.7 Å². The van der Waals surface area contributed by atoms with Crippen LogP contribution in [0.5, 0.6) is 11.5 Å². The number of hydrogen-bond acceptors (Lipinski definition) is 5. The summed E-state index contributed by atoms with van der Waals surface area (Å²) in [5.74, 6) is 1.66. The zero-order chi connectivity index (χ0) is 16.7. The van der Waals surface area contributed by atoms with E-state index in [1.165, 1.54) is 0 Å². The Bertz CT molecular complexity index is 555. The molecule has 126 valence electrons. The number of carboxylic acid groups (broad SMARTS) is 1. The zero-order valence-corrected chi connectivity index (χ0v) is 13.9. The molecule has 1 aliphatic rings. The second-order valence-corrected chi connectivity index (χ2v) is 6.26. The van der Waals surface area contributed by atoms with Crippen LogP contribution >= 0.6 is 11.8 Å². The van der Waals surface area contributed by atoms with Crippen molar-refractivity contribution in [2.24, 2.45) is 0 Å². The number of amides is 1. The van der Waals surface area contributed by atoms with Gasteiger partial charge in [-0.05, 0) is 37.3 Å². The molecule has 23 heavy (non-hydrogen) atoms. The average Bonchev–Trinajstić information content (AvgIpc) is 2.82. The molecular formula is C16H21NO5S. The summed E-state index contributed by atoms with van der Waals surface area (Å²) in [6.45, 7) is 3.28. The molecule has 0 aliphatic carbocycles.